The van der Waals surface area contributed by atoms with E-state index in [2.05, 4.69) is 0 Å². The van der Waals surface area contributed by atoms with E-state index in [1.807, 2.05) is 12.1 Å². The highest BCUT2D eigenvalue weighted by molar-refractivity contribution is 7.95. The van der Waals surface area contributed by atoms with Crippen molar-refractivity contribution in [1.29, 1.82) is 5.26 Å². The molecule has 0 saturated heterocycles. The number of carbonyl (C=O) groups is 1. The maximum Gasteiger partial charge on any atom is 0.171 e. The fourth-order valence-electron chi connectivity index (χ4n) is 1.97. The number of hydrogen-bond acceptors (Lipinski definition) is 7. The van der Waals surface area contributed by atoms with Crippen LogP contribution in [0.4, 0.5) is 0 Å². The van der Waals surface area contributed by atoms with E-state index in [1.165, 1.54) is 0 Å². The molecule has 0 bridgehead atoms. The average Bonchev–Trinajstić information content (AvgIpc) is 2.42. The summed E-state index contributed by atoms with van der Waals surface area (Å²) in [6.07, 6.45) is -0.0120. The van der Waals surface area contributed by atoms with E-state index >= 15 is 0 Å². The Morgan fingerprint density at radius 2 is 2.00 bits per heavy atom. The second kappa shape index (κ2) is 6.99. The van der Waals surface area contributed by atoms with E-state index in [4.69, 9.17) is 18.4 Å². The number of ether oxygens (including phenoxy) is 1. The van der Waals surface area contributed by atoms with Gasteiger partial charge in [-0.15, -0.1) is 0 Å². The Morgan fingerprint density at radius 3 is 2.65 bits per heavy atom. The van der Waals surface area contributed by atoms with Crippen molar-refractivity contribution in [2.24, 2.45) is 0 Å². The number of ketones is 1. The van der Waals surface area contributed by atoms with Crippen molar-refractivity contribution in [3.8, 4) is 11.8 Å². The normalized spacial score (nSPS) is 17.2. The number of Topliss-reactive ketones (excluding diaryl/α,β-unsaturated/α-hetero) is 1. The quantitative estimate of drug-likeness (QED) is 0.773. The van der Waals surface area contributed by atoms with Crippen LogP contribution in [0, 0.1) is 11.3 Å². The molecule has 0 radical (unpaired) electrons. The minimum absolute atomic E-state index is 0.0374. The van der Waals surface area contributed by atoms with Crippen LogP contribution >= 0.6 is 24.1 Å². The zero-order valence-electron chi connectivity index (χ0n) is 11.0. The van der Waals surface area contributed by atoms with Crippen LogP contribution in [0.15, 0.2) is 21.9 Å². The number of nitriles is 1. The molecule has 1 heterocycles. The molecule has 1 atom stereocenters. The number of benzene rings is 1. The third kappa shape index (κ3) is 3.10. The molecule has 0 aliphatic carbocycles. The lowest BCUT2D eigenvalue weighted by Crippen LogP contribution is -2.27. The average molecular weight is 311 g/mol. The van der Waals surface area contributed by atoms with Crippen molar-refractivity contribution >= 4 is 29.9 Å². The highest BCUT2D eigenvalue weighted by Gasteiger charge is 2.31. The zero-order chi connectivity index (χ0) is 14.5. The van der Waals surface area contributed by atoms with Gasteiger partial charge in [0.2, 0.25) is 0 Å². The van der Waals surface area contributed by atoms with E-state index in [-0.39, 0.29) is 18.6 Å². The Morgan fingerprint density at radius 1 is 1.35 bits per heavy atom. The molecule has 1 aromatic carbocycles. The topological polar surface area (TPSA) is 68.6 Å². The molecular weight excluding hydrogens is 298 g/mol. The molecule has 1 unspecified atom stereocenters. The van der Waals surface area contributed by atoms with E-state index in [0.717, 1.165) is 29.0 Å². The summed E-state index contributed by atoms with van der Waals surface area (Å²) in [6.45, 7) is 0. The number of fused-ring (bicyclic) bond motifs is 1. The summed E-state index contributed by atoms with van der Waals surface area (Å²) in [6, 6.07) is 5.66. The summed E-state index contributed by atoms with van der Waals surface area (Å²) < 4.78 is 15.9. The Bertz CT molecular complexity index is 556. The third-order valence-electron chi connectivity index (χ3n) is 2.72. The van der Waals surface area contributed by atoms with Gasteiger partial charge in [0.05, 0.1) is 37.2 Å². The largest absolute Gasteiger partial charge is 0.487 e. The van der Waals surface area contributed by atoms with Crippen LogP contribution in [-0.4, -0.2) is 26.1 Å². The zero-order valence-corrected chi connectivity index (χ0v) is 12.7. The van der Waals surface area contributed by atoms with Gasteiger partial charge >= 0.3 is 0 Å². The van der Waals surface area contributed by atoms with Crippen LogP contribution in [0.5, 0.6) is 5.75 Å². The molecule has 20 heavy (non-hydrogen) atoms. The van der Waals surface area contributed by atoms with E-state index < -0.39 is 6.10 Å². The van der Waals surface area contributed by atoms with Gasteiger partial charge < -0.3 is 13.1 Å². The fraction of sp³-hybridized carbons (Fsp3) is 0.385. The van der Waals surface area contributed by atoms with Crippen molar-refractivity contribution in [2.75, 3.05) is 14.2 Å². The van der Waals surface area contributed by atoms with Crippen molar-refractivity contribution in [1.82, 2.24) is 0 Å². The SMILES string of the molecule is COSc1ccc(SOC)c2c1OC(CC#N)CC2=O. The highest BCUT2D eigenvalue weighted by atomic mass is 32.2. The van der Waals surface area contributed by atoms with Crippen molar-refractivity contribution in [3.05, 3.63) is 17.7 Å². The first-order valence-electron chi connectivity index (χ1n) is 5.86. The molecule has 0 fully saturated rings. The molecule has 0 aromatic heterocycles. The maximum absolute atomic E-state index is 12.3. The van der Waals surface area contributed by atoms with Gasteiger partial charge in [-0.1, -0.05) is 0 Å². The smallest absolute Gasteiger partial charge is 0.171 e. The first-order chi connectivity index (χ1) is 9.71. The predicted molar refractivity (Wildman–Crippen MR) is 75.8 cm³/mol. The second-order valence-corrected chi connectivity index (χ2v) is 5.88. The van der Waals surface area contributed by atoms with Crippen LogP contribution in [-0.2, 0) is 8.37 Å². The van der Waals surface area contributed by atoms with Gasteiger partial charge in [-0.3, -0.25) is 4.79 Å². The van der Waals surface area contributed by atoms with Crippen molar-refractivity contribution in [2.45, 2.75) is 28.7 Å². The molecule has 7 heteroatoms. The molecule has 0 spiro atoms. The lowest BCUT2D eigenvalue weighted by atomic mass is 9.99. The summed E-state index contributed by atoms with van der Waals surface area (Å²) in [5.74, 6) is 0.444. The van der Waals surface area contributed by atoms with Gasteiger partial charge in [0.25, 0.3) is 0 Å². The Kier molecular flexibility index (Phi) is 5.31. The molecule has 1 aromatic rings. The van der Waals surface area contributed by atoms with E-state index in [0.29, 0.717) is 16.2 Å². The Hall–Kier alpha value is -1.20. The van der Waals surface area contributed by atoms with Gasteiger partial charge in [-0.25, -0.2) is 0 Å². The lowest BCUT2D eigenvalue weighted by Gasteiger charge is -2.26. The molecular formula is C13H13NO4S2. The van der Waals surface area contributed by atoms with Crippen LogP contribution in [0.2, 0.25) is 0 Å². The monoisotopic (exact) mass is 311 g/mol. The minimum atomic E-state index is -0.404. The van der Waals surface area contributed by atoms with Gasteiger partial charge in [0.1, 0.15) is 11.9 Å². The number of hydrogen-bond donors (Lipinski definition) is 0. The highest BCUT2D eigenvalue weighted by Crippen LogP contribution is 2.42. The minimum Gasteiger partial charge on any atom is -0.487 e. The van der Waals surface area contributed by atoms with Crippen LogP contribution in [0.1, 0.15) is 23.2 Å². The molecule has 106 valence electrons. The van der Waals surface area contributed by atoms with Crippen LogP contribution < -0.4 is 4.74 Å². The van der Waals surface area contributed by atoms with Crippen molar-refractivity contribution in [3.63, 3.8) is 0 Å². The summed E-state index contributed by atoms with van der Waals surface area (Å²) in [4.78, 5) is 13.7. The standard InChI is InChI=1S/C13H13NO4S2/c1-16-19-10-3-4-11(20-17-2)13-12(10)9(15)7-8(18-13)5-6-14/h3-4,8H,5,7H2,1-2H3. The number of nitrogens with zero attached hydrogens (tertiary/aromatic N) is 1. The summed E-state index contributed by atoms with van der Waals surface area (Å²) in [5.41, 5.74) is 0.507. The summed E-state index contributed by atoms with van der Waals surface area (Å²) in [5, 5.41) is 8.77. The van der Waals surface area contributed by atoms with Gasteiger partial charge in [0, 0.05) is 35.4 Å². The summed E-state index contributed by atoms with van der Waals surface area (Å²) in [7, 11) is 3.09. The molecule has 2 rings (SSSR count). The van der Waals surface area contributed by atoms with Gasteiger partial charge in [0.15, 0.2) is 5.78 Å². The maximum atomic E-state index is 12.3. The van der Waals surface area contributed by atoms with Gasteiger partial charge in [-0.2, -0.15) is 5.26 Å². The second-order valence-electron chi connectivity index (χ2n) is 4.00. The van der Waals surface area contributed by atoms with Gasteiger partial charge in [-0.05, 0) is 12.1 Å². The molecule has 5 nitrogen and oxygen atoms in total. The summed E-state index contributed by atoms with van der Waals surface area (Å²) >= 11 is 2.25. The van der Waals surface area contributed by atoms with E-state index in [1.54, 1.807) is 20.3 Å². The van der Waals surface area contributed by atoms with Crippen molar-refractivity contribution < 1.29 is 17.9 Å². The Balaban J connectivity index is 2.46. The third-order valence-corrected chi connectivity index (χ3v) is 4.08. The van der Waals surface area contributed by atoms with E-state index in [9.17, 15) is 4.79 Å². The number of carbonyl (C=O) groups excluding carboxylic acids is 1. The first-order valence-corrected chi connectivity index (χ1v) is 7.34. The predicted octanol–water partition coefficient (Wildman–Crippen LogP) is 3.24. The number of rotatable bonds is 5. The molecule has 0 saturated carbocycles. The molecule has 0 amide bonds. The Labute approximate surface area is 126 Å². The molecule has 1 aliphatic rings. The first kappa shape index (κ1) is 15.2. The molecule has 1 aliphatic heterocycles. The molecule has 0 N–H and O–H groups in total. The van der Waals surface area contributed by atoms with Crippen LogP contribution in [0.3, 0.4) is 0 Å². The lowest BCUT2D eigenvalue weighted by molar-refractivity contribution is 0.0844. The fourth-order valence-corrected chi connectivity index (χ4v) is 3.10. The van der Waals surface area contributed by atoms with Crippen LogP contribution in [0.25, 0.3) is 0 Å².